The molecule has 1 unspecified atom stereocenters. The molecule has 2 aliphatic rings. The van der Waals surface area contributed by atoms with Crippen LogP contribution in [-0.2, 0) is 10.2 Å². The summed E-state index contributed by atoms with van der Waals surface area (Å²) in [5.41, 5.74) is 0.979. The lowest BCUT2D eigenvalue weighted by molar-refractivity contribution is -0.133. The number of carbonyl (C=O) groups excluding carboxylic acids is 1. The highest BCUT2D eigenvalue weighted by atomic mass is 35.5. The molecule has 0 aromatic heterocycles. The average Bonchev–Trinajstić information content (AvgIpc) is 3.10. The first-order valence-electron chi connectivity index (χ1n) is 6.67. The molecule has 1 saturated carbocycles. The monoisotopic (exact) mass is 263 g/mol. The van der Waals surface area contributed by atoms with Gasteiger partial charge >= 0.3 is 0 Å². The quantitative estimate of drug-likeness (QED) is 0.768. The number of hydrogen-bond acceptors (Lipinski definition) is 1. The Labute approximate surface area is 113 Å². The van der Waals surface area contributed by atoms with Gasteiger partial charge in [-0.3, -0.25) is 4.79 Å². The molecule has 1 aliphatic heterocycles. The molecule has 1 aromatic rings. The number of carbonyl (C=O) groups is 1. The molecular weight excluding hydrogens is 246 g/mol. The van der Waals surface area contributed by atoms with Gasteiger partial charge in [0.05, 0.1) is 5.41 Å². The largest absolute Gasteiger partial charge is 0.342 e. The fraction of sp³-hybridized carbons (Fsp3) is 0.533. The fourth-order valence-corrected chi connectivity index (χ4v) is 3.21. The molecule has 3 heteroatoms. The number of nitrogens with zero attached hydrogens (tertiary/aromatic N) is 1. The van der Waals surface area contributed by atoms with Crippen molar-refractivity contribution in [3.63, 3.8) is 0 Å². The Hall–Kier alpha value is -1.02. The summed E-state index contributed by atoms with van der Waals surface area (Å²) >= 11 is 5.89. The summed E-state index contributed by atoms with van der Waals surface area (Å²) < 4.78 is 0. The lowest BCUT2D eigenvalue weighted by atomic mass is 9.94. The van der Waals surface area contributed by atoms with Gasteiger partial charge < -0.3 is 4.90 Å². The zero-order valence-electron chi connectivity index (χ0n) is 10.4. The van der Waals surface area contributed by atoms with Crippen molar-refractivity contribution in [2.75, 3.05) is 19.0 Å². The zero-order chi connectivity index (χ0) is 12.6. The third kappa shape index (κ3) is 1.93. The van der Waals surface area contributed by atoms with Crippen LogP contribution in [0.3, 0.4) is 0 Å². The summed E-state index contributed by atoms with van der Waals surface area (Å²) in [6.07, 6.45) is 3.05. The van der Waals surface area contributed by atoms with Crippen LogP contribution in [0.25, 0.3) is 0 Å². The molecule has 1 amide bonds. The number of hydrogen-bond donors (Lipinski definition) is 0. The van der Waals surface area contributed by atoms with Crippen LogP contribution in [0.4, 0.5) is 0 Å². The maximum absolute atomic E-state index is 12.7. The topological polar surface area (TPSA) is 20.3 Å². The van der Waals surface area contributed by atoms with Crippen molar-refractivity contribution in [3.05, 3.63) is 35.9 Å². The van der Waals surface area contributed by atoms with E-state index in [0.717, 1.165) is 32.4 Å². The summed E-state index contributed by atoms with van der Waals surface area (Å²) in [6.45, 7) is 1.72. The molecule has 96 valence electrons. The van der Waals surface area contributed by atoms with Gasteiger partial charge in [-0.2, -0.15) is 0 Å². The molecule has 2 fully saturated rings. The van der Waals surface area contributed by atoms with Crippen LogP contribution in [0, 0.1) is 5.92 Å². The molecule has 18 heavy (non-hydrogen) atoms. The van der Waals surface area contributed by atoms with Crippen molar-refractivity contribution >= 4 is 17.5 Å². The van der Waals surface area contributed by atoms with Gasteiger partial charge in [0, 0.05) is 19.0 Å². The number of likely N-dealkylation sites (tertiary alicyclic amines) is 1. The number of benzene rings is 1. The van der Waals surface area contributed by atoms with Gasteiger partial charge in [0.25, 0.3) is 0 Å². The van der Waals surface area contributed by atoms with Crippen molar-refractivity contribution in [3.8, 4) is 0 Å². The number of rotatable bonds is 3. The lowest BCUT2D eigenvalue weighted by Crippen LogP contribution is -2.37. The molecule has 0 N–H and O–H groups in total. The van der Waals surface area contributed by atoms with Crippen LogP contribution in [0.2, 0.25) is 0 Å². The predicted octanol–water partition coefficient (Wildman–Crippen LogP) is 2.81. The molecule has 0 spiro atoms. The number of alkyl halides is 1. The van der Waals surface area contributed by atoms with Gasteiger partial charge in [-0.25, -0.2) is 0 Å². The first-order chi connectivity index (χ1) is 8.76. The number of amides is 1. The normalized spacial score (nSPS) is 25.2. The smallest absolute Gasteiger partial charge is 0.233 e. The van der Waals surface area contributed by atoms with Crippen LogP contribution >= 0.6 is 11.6 Å². The van der Waals surface area contributed by atoms with Crippen LogP contribution < -0.4 is 0 Å². The molecule has 1 atom stereocenters. The van der Waals surface area contributed by atoms with Crippen molar-refractivity contribution in [2.24, 2.45) is 5.92 Å². The summed E-state index contributed by atoms with van der Waals surface area (Å²) in [6, 6.07) is 10.2. The second-order valence-electron chi connectivity index (χ2n) is 5.51. The maximum Gasteiger partial charge on any atom is 0.233 e. The second kappa shape index (κ2) is 4.58. The maximum atomic E-state index is 12.7. The van der Waals surface area contributed by atoms with E-state index in [9.17, 15) is 4.79 Å². The minimum Gasteiger partial charge on any atom is -0.342 e. The van der Waals surface area contributed by atoms with Crippen LogP contribution in [-0.4, -0.2) is 29.8 Å². The SMILES string of the molecule is O=C(N1CCC(CCl)C1)C1(c2ccccc2)CC1. The van der Waals surface area contributed by atoms with Gasteiger partial charge in [0.1, 0.15) is 0 Å². The fourth-order valence-electron chi connectivity index (χ4n) is 2.95. The standard InChI is InChI=1S/C15H18ClNO/c16-10-12-6-9-17(11-12)14(18)15(7-8-15)13-4-2-1-3-5-13/h1-5,12H,6-11H2. The van der Waals surface area contributed by atoms with Crippen LogP contribution in [0.15, 0.2) is 30.3 Å². The van der Waals surface area contributed by atoms with E-state index < -0.39 is 0 Å². The van der Waals surface area contributed by atoms with Gasteiger partial charge in [-0.1, -0.05) is 30.3 Å². The van der Waals surface area contributed by atoms with E-state index in [1.54, 1.807) is 0 Å². The van der Waals surface area contributed by atoms with Crippen molar-refractivity contribution < 1.29 is 4.79 Å². The van der Waals surface area contributed by atoms with E-state index >= 15 is 0 Å². The molecule has 2 nitrogen and oxygen atoms in total. The van der Waals surface area contributed by atoms with Gasteiger partial charge in [0.2, 0.25) is 5.91 Å². The van der Waals surface area contributed by atoms with Gasteiger partial charge in [-0.15, -0.1) is 11.6 Å². The Morgan fingerprint density at radius 2 is 2.06 bits per heavy atom. The van der Waals surface area contributed by atoms with E-state index in [4.69, 9.17) is 11.6 Å². The van der Waals surface area contributed by atoms with Crippen molar-refractivity contribution in [1.29, 1.82) is 0 Å². The minimum absolute atomic E-state index is 0.206. The predicted molar refractivity (Wildman–Crippen MR) is 72.8 cm³/mol. The first-order valence-corrected chi connectivity index (χ1v) is 7.20. The highest BCUT2D eigenvalue weighted by Crippen LogP contribution is 2.50. The Bertz CT molecular complexity index is 441. The zero-order valence-corrected chi connectivity index (χ0v) is 11.2. The van der Waals surface area contributed by atoms with Gasteiger partial charge in [-0.05, 0) is 30.7 Å². The molecule has 0 radical (unpaired) electrons. The second-order valence-corrected chi connectivity index (χ2v) is 5.82. The molecule has 1 saturated heterocycles. The van der Waals surface area contributed by atoms with Crippen LogP contribution in [0.1, 0.15) is 24.8 Å². The molecule has 0 bridgehead atoms. The number of halogens is 1. The average molecular weight is 264 g/mol. The minimum atomic E-state index is -0.206. The van der Waals surface area contributed by atoms with E-state index in [0.29, 0.717) is 17.7 Å². The van der Waals surface area contributed by atoms with Crippen molar-refractivity contribution in [2.45, 2.75) is 24.7 Å². The first kappa shape index (κ1) is 12.0. The Balaban J connectivity index is 1.77. The van der Waals surface area contributed by atoms with Crippen LogP contribution in [0.5, 0.6) is 0 Å². The highest BCUT2D eigenvalue weighted by molar-refractivity contribution is 6.18. The molecule has 3 rings (SSSR count). The Kier molecular flexibility index (Phi) is 3.06. The van der Waals surface area contributed by atoms with E-state index in [2.05, 4.69) is 12.1 Å². The third-order valence-corrected chi connectivity index (χ3v) is 4.71. The molecule has 1 aliphatic carbocycles. The summed E-state index contributed by atoms with van der Waals surface area (Å²) in [5.74, 6) is 1.48. The van der Waals surface area contributed by atoms with E-state index in [1.807, 2.05) is 23.1 Å². The summed E-state index contributed by atoms with van der Waals surface area (Å²) in [5, 5.41) is 0. The summed E-state index contributed by atoms with van der Waals surface area (Å²) in [4.78, 5) is 14.7. The highest BCUT2D eigenvalue weighted by Gasteiger charge is 2.53. The third-order valence-electron chi connectivity index (χ3n) is 4.28. The molecular formula is C15H18ClNO. The van der Waals surface area contributed by atoms with Crippen molar-refractivity contribution in [1.82, 2.24) is 4.90 Å². The Morgan fingerprint density at radius 3 is 2.61 bits per heavy atom. The molecule has 1 aromatic carbocycles. The lowest BCUT2D eigenvalue weighted by Gasteiger charge is -2.23. The van der Waals surface area contributed by atoms with E-state index in [1.165, 1.54) is 5.56 Å². The summed E-state index contributed by atoms with van der Waals surface area (Å²) in [7, 11) is 0. The van der Waals surface area contributed by atoms with Gasteiger partial charge in [0.15, 0.2) is 0 Å². The Morgan fingerprint density at radius 1 is 1.33 bits per heavy atom. The van der Waals surface area contributed by atoms with E-state index in [-0.39, 0.29) is 5.41 Å². The molecule has 1 heterocycles.